The quantitative estimate of drug-likeness (QED) is 0.767. The molecule has 0 aliphatic heterocycles. The van der Waals surface area contributed by atoms with Crippen LogP contribution in [0.3, 0.4) is 0 Å². The van der Waals surface area contributed by atoms with Crippen LogP contribution >= 0.6 is 0 Å². The molecule has 0 aliphatic rings. The van der Waals surface area contributed by atoms with Crippen molar-refractivity contribution in [3.8, 4) is 11.5 Å². The first-order valence-corrected chi connectivity index (χ1v) is 7.07. The maximum Gasteiger partial charge on any atom is 0.122 e. The average molecular weight is 270 g/mol. The first-order chi connectivity index (χ1) is 9.66. The predicted octanol–water partition coefficient (Wildman–Crippen LogP) is 4.54. The van der Waals surface area contributed by atoms with Gasteiger partial charge in [-0.3, -0.25) is 0 Å². The summed E-state index contributed by atoms with van der Waals surface area (Å²) in [5.74, 6) is 1.91. The van der Waals surface area contributed by atoms with Crippen molar-refractivity contribution in [2.75, 3.05) is 6.61 Å². The molecule has 0 aromatic heterocycles. The van der Waals surface area contributed by atoms with Crippen LogP contribution in [0.15, 0.2) is 48.5 Å². The van der Waals surface area contributed by atoms with Gasteiger partial charge in [0.2, 0.25) is 0 Å². The van der Waals surface area contributed by atoms with E-state index in [1.807, 2.05) is 36.4 Å². The van der Waals surface area contributed by atoms with Crippen LogP contribution in [-0.2, 0) is 0 Å². The Labute approximate surface area is 121 Å². The summed E-state index contributed by atoms with van der Waals surface area (Å²) in [4.78, 5) is 0. The van der Waals surface area contributed by atoms with Crippen LogP contribution in [0.4, 0.5) is 0 Å². The van der Waals surface area contributed by atoms with E-state index in [1.54, 1.807) is 0 Å². The number of hydrogen-bond donors (Lipinski definition) is 0. The molecule has 0 fully saturated rings. The standard InChI is InChI=1S/C18H22O2/c1-14-8-4-6-10-17(14)19-13-12-16(3)20-18-11-7-5-9-15(18)2/h4-11,16H,12-13H2,1-3H3. The average Bonchev–Trinajstić information content (AvgIpc) is 2.43. The Hall–Kier alpha value is -1.96. The van der Waals surface area contributed by atoms with Crippen molar-refractivity contribution in [1.82, 2.24) is 0 Å². The largest absolute Gasteiger partial charge is 0.493 e. The van der Waals surface area contributed by atoms with E-state index < -0.39 is 0 Å². The van der Waals surface area contributed by atoms with Crippen molar-refractivity contribution < 1.29 is 9.47 Å². The molecule has 0 amide bonds. The van der Waals surface area contributed by atoms with E-state index in [1.165, 1.54) is 11.1 Å². The highest BCUT2D eigenvalue weighted by Crippen LogP contribution is 2.20. The summed E-state index contributed by atoms with van der Waals surface area (Å²) in [6, 6.07) is 16.2. The Kier molecular flexibility index (Phi) is 5.05. The molecule has 2 heteroatoms. The number of aryl methyl sites for hydroxylation is 2. The smallest absolute Gasteiger partial charge is 0.122 e. The highest BCUT2D eigenvalue weighted by atomic mass is 16.5. The summed E-state index contributed by atoms with van der Waals surface area (Å²) in [6.07, 6.45) is 1.00. The molecule has 0 bridgehead atoms. The lowest BCUT2D eigenvalue weighted by molar-refractivity contribution is 0.175. The zero-order valence-electron chi connectivity index (χ0n) is 12.4. The van der Waals surface area contributed by atoms with Crippen molar-refractivity contribution in [2.45, 2.75) is 33.3 Å². The lowest BCUT2D eigenvalue weighted by Crippen LogP contribution is -2.16. The number of ether oxygens (including phenoxy) is 2. The lowest BCUT2D eigenvalue weighted by atomic mass is 10.2. The number of hydrogen-bond acceptors (Lipinski definition) is 2. The molecule has 2 aromatic carbocycles. The van der Waals surface area contributed by atoms with Gasteiger partial charge in [-0.2, -0.15) is 0 Å². The second-order valence-electron chi connectivity index (χ2n) is 5.10. The summed E-state index contributed by atoms with van der Waals surface area (Å²) in [5.41, 5.74) is 2.33. The van der Waals surface area contributed by atoms with Gasteiger partial charge in [0, 0.05) is 6.42 Å². The molecule has 2 aromatic rings. The zero-order chi connectivity index (χ0) is 14.4. The van der Waals surface area contributed by atoms with E-state index >= 15 is 0 Å². The number of benzene rings is 2. The molecule has 2 nitrogen and oxygen atoms in total. The van der Waals surface area contributed by atoms with Crippen LogP contribution < -0.4 is 9.47 Å². The van der Waals surface area contributed by atoms with Gasteiger partial charge < -0.3 is 9.47 Å². The van der Waals surface area contributed by atoms with Crippen molar-refractivity contribution in [1.29, 1.82) is 0 Å². The molecule has 1 unspecified atom stereocenters. The molecule has 0 radical (unpaired) electrons. The second-order valence-corrected chi connectivity index (χ2v) is 5.10. The Morgan fingerprint density at radius 1 is 0.850 bits per heavy atom. The molecule has 0 heterocycles. The topological polar surface area (TPSA) is 18.5 Å². The third-order valence-corrected chi connectivity index (χ3v) is 3.30. The summed E-state index contributed by atoms with van der Waals surface area (Å²) in [7, 11) is 0. The molecule has 0 saturated carbocycles. The van der Waals surface area contributed by atoms with Gasteiger partial charge in [-0.25, -0.2) is 0 Å². The molecule has 106 valence electrons. The zero-order valence-corrected chi connectivity index (χ0v) is 12.4. The van der Waals surface area contributed by atoms with Gasteiger partial charge in [-0.05, 0) is 44.0 Å². The highest BCUT2D eigenvalue weighted by Gasteiger charge is 2.07. The van der Waals surface area contributed by atoms with Gasteiger partial charge in [0.05, 0.1) is 12.7 Å². The first-order valence-electron chi connectivity index (χ1n) is 7.07. The van der Waals surface area contributed by atoms with Gasteiger partial charge in [0.1, 0.15) is 11.5 Å². The monoisotopic (exact) mass is 270 g/mol. The van der Waals surface area contributed by atoms with E-state index in [4.69, 9.17) is 9.47 Å². The van der Waals surface area contributed by atoms with Crippen molar-refractivity contribution in [3.05, 3.63) is 59.7 Å². The molecule has 0 saturated heterocycles. The summed E-state index contributed by atoms with van der Waals surface area (Å²) < 4.78 is 11.7. The summed E-state index contributed by atoms with van der Waals surface area (Å²) >= 11 is 0. The Morgan fingerprint density at radius 3 is 2.00 bits per heavy atom. The molecule has 0 N–H and O–H groups in total. The predicted molar refractivity (Wildman–Crippen MR) is 82.6 cm³/mol. The third-order valence-electron chi connectivity index (χ3n) is 3.30. The van der Waals surface area contributed by atoms with E-state index in [2.05, 4.69) is 32.9 Å². The number of rotatable bonds is 6. The first kappa shape index (κ1) is 14.4. The second kappa shape index (κ2) is 6.99. The normalized spacial score (nSPS) is 11.9. The van der Waals surface area contributed by atoms with Gasteiger partial charge in [-0.1, -0.05) is 36.4 Å². The van der Waals surface area contributed by atoms with Crippen LogP contribution in [0.5, 0.6) is 11.5 Å². The fourth-order valence-electron chi connectivity index (χ4n) is 2.02. The van der Waals surface area contributed by atoms with Crippen LogP contribution in [0.25, 0.3) is 0 Å². The van der Waals surface area contributed by atoms with Gasteiger partial charge in [0.25, 0.3) is 0 Å². The van der Waals surface area contributed by atoms with Crippen LogP contribution in [0, 0.1) is 13.8 Å². The van der Waals surface area contributed by atoms with Crippen LogP contribution in [0.2, 0.25) is 0 Å². The van der Waals surface area contributed by atoms with E-state index in [0.717, 1.165) is 17.9 Å². The fourth-order valence-corrected chi connectivity index (χ4v) is 2.02. The van der Waals surface area contributed by atoms with Crippen LogP contribution in [0.1, 0.15) is 24.5 Å². The van der Waals surface area contributed by atoms with E-state index in [9.17, 15) is 0 Å². The molecule has 0 aliphatic carbocycles. The minimum absolute atomic E-state index is 0.139. The maximum absolute atomic E-state index is 5.93. The van der Waals surface area contributed by atoms with Gasteiger partial charge in [-0.15, -0.1) is 0 Å². The molecule has 2 rings (SSSR count). The van der Waals surface area contributed by atoms with Crippen molar-refractivity contribution in [3.63, 3.8) is 0 Å². The van der Waals surface area contributed by atoms with Crippen molar-refractivity contribution >= 4 is 0 Å². The Bertz CT molecular complexity index is 549. The lowest BCUT2D eigenvalue weighted by Gasteiger charge is -2.17. The van der Waals surface area contributed by atoms with Crippen LogP contribution in [-0.4, -0.2) is 12.7 Å². The Morgan fingerprint density at radius 2 is 1.40 bits per heavy atom. The summed E-state index contributed by atoms with van der Waals surface area (Å²) in [5, 5.41) is 0. The maximum atomic E-state index is 5.93. The third kappa shape index (κ3) is 4.02. The molecule has 0 spiro atoms. The van der Waals surface area contributed by atoms with E-state index in [0.29, 0.717) is 6.61 Å². The van der Waals surface area contributed by atoms with Gasteiger partial charge >= 0.3 is 0 Å². The molecule has 1 atom stereocenters. The SMILES string of the molecule is Cc1ccccc1OCCC(C)Oc1ccccc1C. The molecular formula is C18H22O2. The molecular weight excluding hydrogens is 248 g/mol. The summed E-state index contributed by atoms with van der Waals surface area (Å²) in [6.45, 7) is 6.86. The minimum Gasteiger partial charge on any atom is -0.493 e. The van der Waals surface area contributed by atoms with Gasteiger partial charge in [0.15, 0.2) is 0 Å². The molecule has 20 heavy (non-hydrogen) atoms. The van der Waals surface area contributed by atoms with E-state index in [-0.39, 0.29) is 6.10 Å². The van der Waals surface area contributed by atoms with Crippen molar-refractivity contribution in [2.24, 2.45) is 0 Å². The fraction of sp³-hybridized carbons (Fsp3) is 0.333. The number of para-hydroxylation sites is 2. The minimum atomic E-state index is 0.139. The highest BCUT2D eigenvalue weighted by molar-refractivity contribution is 5.32. The Balaban J connectivity index is 1.80.